The minimum Gasteiger partial charge on any atom is -0.481 e. The van der Waals surface area contributed by atoms with E-state index in [0.29, 0.717) is 19.4 Å². The first kappa shape index (κ1) is 22.4. The number of hydrogen-bond acceptors (Lipinski definition) is 4. The minimum atomic E-state index is -0.854. The maximum absolute atomic E-state index is 12.9. The normalized spacial score (nSPS) is 20.6. The summed E-state index contributed by atoms with van der Waals surface area (Å²) in [5.41, 5.74) is 4.06. The van der Waals surface area contributed by atoms with E-state index in [2.05, 4.69) is 29.6 Å². The van der Waals surface area contributed by atoms with Crippen molar-refractivity contribution in [1.82, 2.24) is 10.2 Å². The number of ether oxygens (including phenoxy) is 1. The molecule has 7 nitrogen and oxygen atoms in total. The van der Waals surface area contributed by atoms with Gasteiger partial charge in [-0.1, -0.05) is 48.5 Å². The molecule has 1 heterocycles. The fourth-order valence-corrected chi connectivity index (χ4v) is 5.61. The number of likely N-dealkylation sites (tertiary alicyclic amines) is 1. The number of nitrogens with zero attached hydrogens (tertiary/aromatic N) is 1. The highest BCUT2D eigenvalue weighted by atomic mass is 16.5. The zero-order valence-corrected chi connectivity index (χ0v) is 19.2. The average molecular weight is 463 g/mol. The van der Waals surface area contributed by atoms with Crippen LogP contribution in [0.25, 0.3) is 11.1 Å². The second-order valence-electron chi connectivity index (χ2n) is 9.78. The van der Waals surface area contributed by atoms with Crippen LogP contribution in [0.3, 0.4) is 0 Å². The van der Waals surface area contributed by atoms with Gasteiger partial charge in [0, 0.05) is 19.0 Å². The molecule has 1 saturated carbocycles. The summed E-state index contributed by atoms with van der Waals surface area (Å²) in [6.07, 6.45) is 3.35. The first-order chi connectivity index (χ1) is 16.5. The SMILES string of the molecule is O=C(NC1(CC(=O)N2CCCC(C(=O)O)C2)CCC1)OCC1c2ccccc2-c2ccccc21. The van der Waals surface area contributed by atoms with Gasteiger partial charge in [-0.05, 0) is 54.4 Å². The van der Waals surface area contributed by atoms with Gasteiger partial charge >= 0.3 is 12.1 Å². The zero-order chi connectivity index (χ0) is 23.7. The van der Waals surface area contributed by atoms with Gasteiger partial charge < -0.3 is 20.1 Å². The molecule has 1 aliphatic heterocycles. The van der Waals surface area contributed by atoms with Gasteiger partial charge in [0.1, 0.15) is 6.61 Å². The van der Waals surface area contributed by atoms with Crippen LogP contribution in [0.1, 0.15) is 55.6 Å². The number of carbonyl (C=O) groups excluding carboxylic acids is 2. The third-order valence-electron chi connectivity index (χ3n) is 7.63. The molecule has 0 aromatic heterocycles. The van der Waals surface area contributed by atoms with Crippen molar-refractivity contribution in [2.75, 3.05) is 19.7 Å². The Kier molecular flexibility index (Phi) is 6.02. The Bertz CT molecular complexity index is 1060. The standard InChI is InChI=1S/C27H30N2O5/c30-24(29-14-5-7-18(16-29)25(31)32)15-27(12-6-13-27)28-26(33)34-17-23-21-10-3-1-8-19(21)20-9-2-4-11-22(20)23/h1-4,8-11,18,23H,5-7,12-17H2,(H,28,33)(H,31,32). The number of hydrogen-bond donors (Lipinski definition) is 2. The first-order valence-corrected chi connectivity index (χ1v) is 12.1. The van der Waals surface area contributed by atoms with E-state index in [4.69, 9.17) is 4.74 Å². The molecule has 5 rings (SSSR count). The van der Waals surface area contributed by atoms with Crippen LogP contribution in [0.2, 0.25) is 0 Å². The van der Waals surface area contributed by atoms with Gasteiger partial charge in [-0.15, -0.1) is 0 Å². The molecule has 7 heteroatoms. The van der Waals surface area contributed by atoms with E-state index in [9.17, 15) is 19.5 Å². The Hall–Kier alpha value is -3.35. The number of piperidine rings is 1. The van der Waals surface area contributed by atoms with Crippen molar-refractivity contribution in [3.8, 4) is 11.1 Å². The lowest BCUT2D eigenvalue weighted by atomic mass is 9.74. The number of carbonyl (C=O) groups is 3. The largest absolute Gasteiger partial charge is 0.481 e. The highest BCUT2D eigenvalue weighted by Crippen LogP contribution is 2.44. The van der Waals surface area contributed by atoms with Crippen molar-refractivity contribution in [3.05, 3.63) is 59.7 Å². The van der Waals surface area contributed by atoms with Crippen LogP contribution in [-0.4, -0.2) is 53.2 Å². The molecule has 2 aromatic rings. The first-order valence-electron chi connectivity index (χ1n) is 12.1. The van der Waals surface area contributed by atoms with Crippen LogP contribution in [0.4, 0.5) is 4.79 Å². The number of aliphatic carboxylic acids is 1. The fraction of sp³-hybridized carbons (Fsp3) is 0.444. The molecule has 0 spiro atoms. The van der Waals surface area contributed by atoms with Gasteiger partial charge in [0.2, 0.25) is 5.91 Å². The number of carboxylic acid groups (broad SMARTS) is 1. The Balaban J connectivity index is 1.20. The Morgan fingerprint density at radius 1 is 1.00 bits per heavy atom. The second-order valence-corrected chi connectivity index (χ2v) is 9.78. The number of benzene rings is 2. The van der Waals surface area contributed by atoms with Gasteiger partial charge in [-0.2, -0.15) is 0 Å². The number of fused-ring (bicyclic) bond motifs is 3. The molecule has 1 saturated heterocycles. The number of amides is 2. The number of rotatable bonds is 6. The molecular formula is C27H30N2O5. The molecule has 34 heavy (non-hydrogen) atoms. The number of nitrogens with one attached hydrogen (secondary N) is 1. The molecule has 178 valence electrons. The Labute approximate surface area is 199 Å². The van der Waals surface area contributed by atoms with Crippen LogP contribution in [0.15, 0.2) is 48.5 Å². The third kappa shape index (κ3) is 4.27. The molecule has 2 N–H and O–H groups in total. The van der Waals surface area contributed by atoms with Crippen molar-refractivity contribution >= 4 is 18.0 Å². The van der Waals surface area contributed by atoms with Crippen molar-refractivity contribution in [2.45, 2.75) is 50.0 Å². The quantitative estimate of drug-likeness (QED) is 0.672. The van der Waals surface area contributed by atoms with Gasteiger partial charge in [-0.3, -0.25) is 9.59 Å². The van der Waals surface area contributed by atoms with Crippen molar-refractivity contribution in [1.29, 1.82) is 0 Å². The lowest BCUT2D eigenvalue weighted by Gasteiger charge is -2.43. The van der Waals surface area contributed by atoms with Crippen LogP contribution in [-0.2, 0) is 14.3 Å². The molecule has 0 radical (unpaired) electrons. The van der Waals surface area contributed by atoms with E-state index in [1.165, 1.54) is 11.1 Å². The van der Waals surface area contributed by atoms with E-state index in [0.717, 1.165) is 30.4 Å². The molecule has 2 amide bonds. The second kappa shape index (κ2) is 9.12. The maximum Gasteiger partial charge on any atom is 0.407 e. The third-order valence-corrected chi connectivity index (χ3v) is 7.63. The lowest BCUT2D eigenvalue weighted by molar-refractivity contribution is -0.146. The smallest absolute Gasteiger partial charge is 0.407 e. The van der Waals surface area contributed by atoms with Crippen LogP contribution < -0.4 is 5.32 Å². The maximum atomic E-state index is 12.9. The summed E-state index contributed by atoms with van der Waals surface area (Å²) in [7, 11) is 0. The van der Waals surface area contributed by atoms with Gasteiger partial charge in [0.05, 0.1) is 17.9 Å². The monoisotopic (exact) mass is 462 g/mol. The van der Waals surface area contributed by atoms with Crippen LogP contribution in [0.5, 0.6) is 0 Å². The van der Waals surface area contributed by atoms with E-state index in [1.807, 2.05) is 24.3 Å². The average Bonchev–Trinajstić information content (AvgIpc) is 3.15. The van der Waals surface area contributed by atoms with E-state index >= 15 is 0 Å². The summed E-state index contributed by atoms with van der Waals surface area (Å²) in [4.78, 5) is 38.7. The van der Waals surface area contributed by atoms with Crippen LogP contribution >= 0.6 is 0 Å². The molecular weight excluding hydrogens is 432 g/mol. The highest BCUT2D eigenvalue weighted by Gasteiger charge is 2.42. The molecule has 2 aliphatic carbocycles. The van der Waals surface area contributed by atoms with Gasteiger partial charge in [-0.25, -0.2) is 4.79 Å². The molecule has 3 aliphatic rings. The summed E-state index contributed by atoms with van der Waals surface area (Å²) >= 11 is 0. The van der Waals surface area contributed by atoms with E-state index < -0.39 is 23.5 Å². The van der Waals surface area contributed by atoms with Gasteiger partial charge in [0.25, 0.3) is 0 Å². The molecule has 2 fully saturated rings. The van der Waals surface area contributed by atoms with E-state index in [-0.39, 0.29) is 31.4 Å². The number of carboxylic acids is 1. The van der Waals surface area contributed by atoms with Gasteiger partial charge in [0.15, 0.2) is 0 Å². The highest BCUT2D eigenvalue weighted by molar-refractivity contribution is 5.81. The summed E-state index contributed by atoms with van der Waals surface area (Å²) in [6.45, 7) is 1.05. The Morgan fingerprint density at radius 2 is 1.65 bits per heavy atom. The van der Waals surface area contributed by atoms with Crippen molar-refractivity contribution < 1.29 is 24.2 Å². The minimum absolute atomic E-state index is 0.0153. The van der Waals surface area contributed by atoms with E-state index in [1.54, 1.807) is 4.90 Å². The van der Waals surface area contributed by atoms with Crippen LogP contribution in [0, 0.1) is 5.92 Å². The predicted octanol–water partition coefficient (Wildman–Crippen LogP) is 4.16. The summed E-state index contributed by atoms with van der Waals surface area (Å²) in [5.74, 6) is -1.47. The summed E-state index contributed by atoms with van der Waals surface area (Å²) in [6, 6.07) is 16.4. The molecule has 2 aromatic carbocycles. The topological polar surface area (TPSA) is 95.9 Å². The lowest BCUT2D eigenvalue weighted by Crippen LogP contribution is -2.57. The molecule has 1 unspecified atom stereocenters. The van der Waals surface area contributed by atoms with Crippen molar-refractivity contribution in [2.24, 2.45) is 5.92 Å². The summed E-state index contributed by atoms with van der Waals surface area (Å²) < 4.78 is 5.69. The number of alkyl carbamates (subject to hydrolysis) is 1. The van der Waals surface area contributed by atoms with Crippen molar-refractivity contribution in [3.63, 3.8) is 0 Å². The summed E-state index contributed by atoms with van der Waals surface area (Å²) in [5, 5.41) is 12.3. The molecule has 1 atom stereocenters. The Morgan fingerprint density at radius 3 is 2.24 bits per heavy atom. The fourth-order valence-electron chi connectivity index (χ4n) is 5.61. The zero-order valence-electron chi connectivity index (χ0n) is 19.2. The molecule has 0 bridgehead atoms. The predicted molar refractivity (Wildman–Crippen MR) is 126 cm³/mol.